The lowest BCUT2D eigenvalue weighted by atomic mass is 9.86. The van der Waals surface area contributed by atoms with Gasteiger partial charge in [0.2, 0.25) is 17.7 Å². The molecule has 0 spiro atoms. The quantitative estimate of drug-likeness (QED) is 0.290. The molecule has 3 aromatic rings. The van der Waals surface area contributed by atoms with Crippen molar-refractivity contribution < 1.29 is 28.2 Å². The maximum absolute atomic E-state index is 13.2. The highest BCUT2D eigenvalue weighted by Gasteiger charge is 2.32. The van der Waals surface area contributed by atoms with E-state index >= 15 is 0 Å². The normalized spacial score (nSPS) is 16.4. The number of likely N-dealkylation sites (N-methyl/N-ethyl adjacent to an activating group) is 1. The van der Waals surface area contributed by atoms with Crippen LogP contribution in [0.3, 0.4) is 0 Å². The van der Waals surface area contributed by atoms with Crippen molar-refractivity contribution in [3.63, 3.8) is 0 Å². The van der Waals surface area contributed by atoms with Gasteiger partial charge in [0.05, 0.1) is 21.3 Å². The van der Waals surface area contributed by atoms with Gasteiger partial charge in [-0.05, 0) is 67.6 Å². The molecule has 2 aromatic heterocycles. The third-order valence-electron chi connectivity index (χ3n) is 8.15. The molecule has 0 atom stereocenters. The number of piperazine rings is 1. The van der Waals surface area contributed by atoms with Gasteiger partial charge < -0.3 is 43.8 Å². The number of fused-ring (bicyclic) bond motifs is 1. The molecular formula is C31H42N6O6. The van der Waals surface area contributed by atoms with E-state index in [4.69, 9.17) is 23.4 Å². The summed E-state index contributed by atoms with van der Waals surface area (Å²) in [5.41, 5.74) is 2.72. The molecular weight excluding hydrogens is 552 g/mol. The third-order valence-corrected chi connectivity index (χ3v) is 8.15. The molecule has 232 valence electrons. The standard InChI is InChI=1S/C31H42N6O6/c1-31(2)11-10-20-18-23(39-4)24(19-21(20)31)43-25-9-8-22(42-25)27(38)33-26-28(40-5)34-30(35-29(26)41-6)32-12-7-13-37-16-14-36(3)15-17-37/h8-9,18-19H,7,10-17H2,1-6H3,(H,33,38)(H,32,34,35). The molecule has 12 nitrogen and oxygen atoms in total. The smallest absolute Gasteiger partial charge is 0.291 e. The van der Waals surface area contributed by atoms with Crippen LogP contribution in [0, 0.1) is 0 Å². The first-order valence-corrected chi connectivity index (χ1v) is 14.7. The zero-order valence-corrected chi connectivity index (χ0v) is 25.9. The molecule has 1 fully saturated rings. The van der Waals surface area contributed by atoms with Gasteiger partial charge in [0, 0.05) is 38.8 Å². The number of rotatable bonds is 12. The van der Waals surface area contributed by atoms with Crippen LogP contribution in [-0.4, -0.2) is 93.3 Å². The van der Waals surface area contributed by atoms with E-state index in [9.17, 15) is 4.79 Å². The van der Waals surface area contributed by atoms with Crippen molar-refractivity contribution in [2.75, 3.05) is 78.3 Å². The average Bonchev–Trinajstić information content (AvgIpc) is 3.59. The van der Waals surface area contributed by atoms with Gasteiger partial charge >= 0.3 is 0 Å². The van der Waals surface area contributed by atoms with Crippen LogP contribution in [-0.2, 0) is 11.8 Å². The molecule has 1 aliphatic carbocycles. The van der Waals surface area contributed by atoms with E-state index in [1.54, 1.807) is 13.2 Å². The van der Waals surface area contributed by atoms with Crippen LogP contribution in [0.1, 0.15) is 48.4 Å². The van der Waals surface area contributed by atoms with E-state index in [1.807, 2.05) is 12.1 Å². The lowest BCUT2D eigenvalue weighted by molar-refractivity contribution is 0.0990. The van der Waals surface area contributed by atoms with Crippen LogP contribution < -0.4 is 29.6 Å². The minimum absolute atomic E-state index is 0.0330. The summed E-state index contributed by atoms with van der Waals surface area (Å²) in [7, 11) is 6.70. The first-order valence-electron chi connectivity index (χ1n) is 14.7. The van der Waals surface area contributed by atoms with Gasteiger partial charge in [-0.15, -0.1) is 0 Å². The predicted molar refractivity (Wildman–Crippen MR) is 163 cm³/mol. The molecule has 1 aliphatic heterocycles. The number of benzene rings is 1. The highest BCUT2D eigenvalue weighted by Crippen LogP contribution is 2.45. The van der Waals surface area contributed by atoms with E-state index in [-0.39, 0.29) is 34.6 Å². The molecule has 12 heteroatoms. The molecule has 2 aliphatic rings. The first kappa shape index (κ1) is 30.4. The Morgan fingerprint density at radius 3 is 2.40 bits per heavy atom. The van der Waals surface area contributed by atoms with Gasteiger partial charge in [0.1, 0.15) is 0 Å². The zero-order valence-electron chi connectivity index (χ0n) is 25.9. The fourth-order valence-electron chi connectivity index (χ4n) is 5.52. The van der Waals surface area contributed by atoms with Crippen LogP contribution in [0.15, 0.2) is 28.7 Å². The minimum Gasteiger partial charge on any atom is -0.493 e. The molecule has 3 heterocycles. The molecule has 5 rings (SSSR count). The van der Waals surface area contributed by atoms with Gasteiger partial charge in [0.25, 0.3) is 11.9 Å². The molecule has 0 saturated carbocycles. The molecule has 1 saturated heterocycles. The Balaban J connectivity index is 1.23. The summed E-state index contributed by atoms with van der Waals surface area (Å²) in [4.78, 5) is 26.8. The Morgan fingerprint density at radius 1 is 1.00 bits per heavy atom. The maximum atomic E-state index is 13.2. The monoisotopic (exact) mass is 594 g/mol. The second-order valence-electron chi connectivity index (χ2n) is 11.6. The molecule has 1 aromatic carbocycles. The number of aromatic nitrogens is 2. The van der Waals surface area contributed by atoms with Crippen molar-refractivity contribution in [2.24, 2.45) is 0 Å². The van der Waals surface area contributed by atoms with Crippen molar-refractivity contribution in [2.45, 2.75) is 38.5 Å². The van der Waals surface area contributed by atoms with Gasteiger partial charge in [0.15, 0.2) is 22.9 Å². The van der Waals surface area contributed by atoms with Crippen molar-refractivity contribution in [3.05, 3.63) is 41.2 Å². The molecule has 0 unspecified atom stereocenters. The predicted octanol–water partition coefficient (Wildman–Crippen LogP) is 4.41. The fourth-order valence-corrected chi connectivity index (χ4v) is 5.52. The number of nitrogens with one attached hydrogen (secondary N) is 2. The zero-order chi connectivity index (χ0) is 30.6. The van der Waals surface area contributed by atoms with Crippen molar-refractivity contribution in [3.8, 4) is 29.2 Å². The number of amides is 1. The highest BCUT2D eigenvalue weighted by molar-refractivity contribution is 6.03. The topological polar surface area (TPSA) is 123 Å². The van der Waals surface area contributed by atoms with Crippen LogP contribution in [0.4, 0.5) is 11.6 Å². The van der Waals surface area contributed by atoms with E-state index < -0.39 is 5.91 Å². The van der Waals surface area contributed by atoms with E-state index in [2.05, 4.69) is 51.3 Å². The van der Waals surface area contributed by atoms with E-state index in [0.717, 1.165) is 52.0 Å². The number of hydrogen-bond acceptors (Lipinski definition) is 11. The Labute approximate surface area is 252 Å². The Morgan fingerprint density at radius 2 is 1.72 bits per heavy atom. The molecule has 0 bridgehead atoms. The summed E-state index contributed by atoms with van der Waals surface area (Å²) >= 11 is 0. The number of nitrogens with zero attached hydrogens (tertiary/aromatic N) is 4. The molecule has 1 amide bonds. The van der Waals surface area contributed by atoms with Gasteiger partial charge in [-0.3, -0.25) is 4.79 Å². The summed E-state index contributed by atoms with van der Waals surface area (Å²) < 4.78 is 28.3. The summed E-state index contributed by atoms with van der Waals surface area (Å²) in [6, 6.07) is 7.14. The number of furan rings is 1. The molecule has 0 radical (unpaired) electrons. The van der Waals surface area contributed by atoms with Gasteiger partial charge in [-0.25, -0.2) is 0 Å². The number of ether oxygens (including phenoxy) is 4. The van der Waals surface area contributed by atoms with E-state index in [0.29, 0.717) is 24.0 Å². The summed E-state index contributed by atoms with van der Waals surface area (Å²) in [6.07, 6.45) is 2.99. The SMILES string of the molecule is COc1cc2c(cc1Oc1ccc(C(=O)Nc3c(OC)nc(NCCCN4CCN(C)CC4)nc3OC)o1)C(C)(C)CC2. The maximum Gasteiger partial charge on any atom is 0.291 e. The van der Waals surface area contributed by atoms with Crippen LogP contribution in [0.2, 0.25) is 0 Å². The lowest BCUT2D eigenvalue weighted by Gasteiger charge is -2.32. The van der Waals surface area contributed by atoms with Crippen LogP contribution in [0.25, 0.3) is 0 Å². The van der Waals surface area contributed by atoms with Crippen molar-refractivity contribution >= 4 is 17.5 Å². The van der Waals surface area contributed by atoms with Crippen molar-refractivity contribution in [1.29, 1.82) is 0 Å². The average molecular weight is 595 g/mol. The fraction of sp³-hybridized carbons (Fsp3) is 0.516. The summed E-state index contributed by atoms with van der Waals surface area (Å²) in [6.45, 7) is 10.4. The molecule has 2 N–H and O–H groups in total. The number of carbonyl (C=O) groups excluding carboxylic acids is 1. The summed E-state index contributed by atoms with van der Waals surface area (Å²) in [5, 5.41) is 5.99. The van der Waals surface area contributed by atoms with Crippen LogP contribution >= 0.6 is 0 Å². The van der Waals surface area contributed by atoms with Crippen molar-refractivity contribution in [1.82, 2.24) is 19.8 Å². The summed E-state index contributed by atoms with van der Waals surface area (Å²) in [5.74, 6) is 1.47. The second-order valence-corrected chi connectivity index (χ2v) is 11.6. The lowest BCUT2D eigenvalue weighted by Crippen LogP contribution is -2.44. The Hall–Kier alpha value is -4.03. The highest BCUT2D eigenvalue weighted by atomic mass is 16.6. The number of carbonyl (C=O) groups is 1. The number of methoxy groups -OCH3 is 3. The second kappa shape index (κ2) is 13.1. The van der Waals surface area contributed by atoms with Crippen LogP contribution in [0.5, 0.6) is 29.2 Å². The van der Waals surface area contributed by atoms with E-state index in [1.165, 1.54) is 31.4 Å². The Kier molecular flexibility index (Phi) is 9.26. The van der Waals surface area contributed by atoms with Gasteiger partial charge in [-0.1, -0.05) is 13.8 Å². The third kappa shape index (κ3) is 6.97. The largest absolute Gasteiger partial charge is 0.493 e. The Bertz CT molecular complexity index is 1410. The number of hydrogen-bond donors (Lipinski definition) is 2. The minimum atomic E-state index is -0.537. The van der Waals surface area contributed by atoms with Gasteiger partial charge in [-0.2, -0.15) is 9.97 Å². The molecule has 43 heavy (non-hydrogen) atoms. The number of aryl methyl sites for hydroxylation is 1. The first-order chi connectivity index (χ1) is 20.7. The number of anilines is 2.